The molecule has 1 aromatic carbocycles. The van der Waals surface area contributed by atoms with E-state index in [2.05, 4.69) is 57.9 Å². The van der Waals surface area contributed by atoms with E-state index in [1.807, 2.05) is 0 Å². The molecule has 1 aliphatic carbocycles. The third kappa shape index (κ3) is 5.46. The molecule has 9 heteroatoms. The molecule has 0 amide bonds. The minimum Gasteiger partial charge on any atom is -0.369 e. The van der Waals surface area contributed by atoms with Crippen molar-refractivity contribution in [2.45, 2.75) is 56.4 Å². The number of anilines is 1. The van der Waals surface area contributed by atoms with E-state index in [-0.39, 0.29) is 22.8 Å². The van der Waals surface area contributed by atoms with Crippen LogP contribution in [-0.4, -0.2) is 84.7 Å². The van der Waals surface area contributed by atoms with E-state index in [0.29, 0.717) is 5.96 Å². The molecule has 1 aromatic rings. The van der Waals surface area contributed by atoms with Gasteiger partial charge in [0.25, 0.3) is 5.96 Å². The van der Waals surface area contributed by atoms with Gasteiger partial charge in [0, 0.05) is 42.8 Å². The van der Waals surface area contributed by atoms with Crippen LogP contribution in [0.2, 0.25) is 0 Å². The fourth-order valence-electron chi connectivity index (χ4n) is 6.17. The number of alkyl halides is 1. The van der Waals surface area contributed by atoms with E-state index in [0.717, 1.165) is 89.1 Å². The number of hydrogen-bond donors (Lipinski definition) is 3. The summed E-state index contributed by atoms with van der Waals surface area (Å²) in [6, 6.07) is 8.88. The second kappa shape index (κ2) is 11.2. The van der Waals surface area contributed by atoms with Crippen LogP contribution in [0.15, 0.2) is 29.3 Å². The predicted molar refractivity (Wildman–Crippen MR) is 148 cm³/mol. The number of halogens is 1. The summed E-state index contributed by atoms with van der Waals surface area (Å²) in [7, 11) is 2.08. The normalized spacial score (nSPS) is 27.2. The summed E-state index contributed by atoms with van der Waals surface area (Å²) < 4.78 is 5.02. The molecule has 0 bridgehead atoms. The fraction of sp³-hybridized carbons (Fsp3) is 0.654. The second-order valence-electron chi connectivity index (χ2n) is 10.2. The summed E-state index contributed by atoms with van der Waals surface area (Å²) >= 11 is 6.72. The molecule has 6 N–H and O–H groups in total. The van der Waals surface area contributed by atoms with E-state index >= 15 is 0 Å². The Hall–Kier alpha value is -2.25. The Morgan fingerprint density at radius 2 is 1.89 bits per heavy atom. The summed E-state index contributed by atoms with van der Waals surface area (Å²) in [6.07, 6.45) is 6.09. The third-order valence-corrected chi connectivity index (χ3v) is 8.44. The third-order valence-electron chi connectivity index (χ3n) is 8.04. The highest BCUT2D eigenvalue weighted by Crippen LogP contribution is 2.45. The minimum atomic E-state index is -0.0793. The van der Waals surface area contributed by atoms with Gasteiger partial charge in [-0.1, -0.05) is 13.3 Å². The van der Waals surface area contributed by atoms with Gasteiger partial charge in [0.05, 0.1) is 13.0 Å². The molecular weight excluding hydrogens is 460 g/mol. The van der Waals surface area contributed by atoms with Crippen molar-refractivity contribution in [1.29, 1.82) is 0 Å². The van der Waals surface area contributed by atoms with Crippen molar-refractivity contribution in [2.75, 3.05) is 51.2 Å². The smallest absolute Gasteiger partial charge is 0.369 e. The Kier molecular flexibility index (Phi) is 8.27. The number of nitrogens with two attached hydrogens (primary N) is 3. The molecule has 2 fully saturated rings. The maximum atomic E-state index is 6.72. The zero-order valence-electron chi connectivity index (χ0n) is 21.3. The average molecular weight is 502 g/mol. The highest BCUT2D eigenvalue weighted by Gasteiger charge is 2.56. The largest absolute Gasteiger partial charge is 0.486 e. The SMILES string of the molecule is CCCC12CCC(Cl)CC1C(c1ccc(N3CCN(CCCN)CC3)cc1)=[N+]=C(N=C(N)N)N2C. The van der Waals surface area contributed by atoms with Gasteiger partial charge in [-0.25, -0.2) is 9.57 Å². The summed E-state index contributed by atoms with van der Waals surface area (Å²) in [5.41, 5.74) is 20.6. The van der Waals surface area contributed by atoms with E-state index < -0.39 is 0 Å². The molecule has 192 valence electrons. The maximum absolute atomic E-state index is 6.72. The summed E-state index contributed by atoms with van der Waals surface area (Å²) in [5, 5.41) is 0.156. The first-order valence-electron chi connectivity index (χ1n) is 13.1. The molecule has 0 aromatic heterocycles. The predicted octanol–water partition coefficient (Wildman–Crippen LogP) is 1.53. The van der Waals surface area contributed by atoms with Gasteiger partial charge >= 0.3 is 5.96 Å². The van der Waals surface area contributed by atoms with E-state index in [4.69, 9.17) is 33.5 Å². The first-order chi connectivity index (χ1) is 16.9. The van der Waals surface area contributed by atoms with E-state index in [9.17, 15) is 0 Å². The highest BCUT2D eigenvalue weighted by atomic mass is 35.5. The van der Waals surface area contributed by atoms with Crippen LogP contribution in [-0.2, 0) is 0 Å². The van der Waals surface area contributed by atoms with E-state index in [1.54, 1.807) is 0 Å². The molecule has 3 atom stereocenters. The number of guanidine groups is 2. The number of aliphatic imine (C=N–C) groups is 1. The number of benzene rings is 1. The standard InChI is InChI=1S/C26H41ClN8/c1-3-10-26-11-9-20(27)18-22(26)23(31-25(33(26)2)32-24(29)30)19-5-7-21(8-6-19)35-16-14-34(15-17-35)13-4-12-28/h5-8,20,22H,3-4,9-18,28H2,1-2H3,(H3,29,30)/p+1. The molecule has 2 heterocycles. The summed E-state index contributed by atoms with van der Waals surface area (Å²) in [5.74, 6) is 0.862. The van der Waals surface area contributed by atoms with Crippen LogP contribution in [0.1, 0.15) is 51.0 Å². The van der Waals surface area contributed by atoms with Gasteiger partial charge in [-0.2, -0.15) is 0 Å². The number of fused-ring (bicyclic) bond motifs is 1. The first kappa shape index (κ1) is 25.8. The summed E-state index contributed by atoms with van der Waals surface area (Å²) in [4.78, 5) is 11.6. The van der Waals surface area contributed by atoms with Crippen molar-refractivity contribution in [3.8, 4) is 0 Å². The zero-order chi connectivity index (χ0) is 25.0. The topological polar surface area (TPSA) is 114 Å². The lowest BCUT2D eigenvalue weighted by atomic mass is 9.65. The molecule has 4 rings (SSSR count). The van der Waals surface area contributed by atoms with Crippen LogP contribution >= 0.6 is 11.6 Å². The van der Waals surface area contributed by atoms with Crippen molar-refractivity contribution in [3.05, 3.63) is 29.8 Å². The Morgan fingerprint density at radius 3 is 2.51 bits per heavy atom. The molecule has 2 aliphatic heterocycles. The Morgan fingerprint density at radius 1 is 1.17 bits per heavy atom. The molecule has 0 spiro atoms. The Balaban J connectivity index is 1.63. The van der Waals surface area contributed by atoms with Crippen LogP contribution in [0.5, 0.6) is 0 Å². The molecule has 1 saturated carbocycles. The van der Waals surface area contributed by atoms with Crippen LogP contribution in [0.3, 0.4) is 0 Å². The van der Waals surface area contributed by atoms with Crippen LogP contribution < -0.4 is 26.8 Å². The van der Waals surface area contributed by atoms with Crippen molar-refractivity contribution in [2.24, 2.45) is 28.1 Å². The monoisotopic (exact) mass is 501 g/mol. The van der Waals surface area contributed by atoms with Crippen LogP contribution in [0.4, 0.5) is 5.69 Å². The van der Waals surface area contributed by atoms with Crippen LogP contribution in [0.25, 0.3) is 0 Å². The lowest BCUT2D eigenvalue weighted by Gasteiger charge is -2.48. The molecule has 8 nitrogen and oxygen atoms in total. The summed E-state index contributed by atoms with van der Waals surface area (Å²) in [6.45, 7) is 8.32. The zero-order valence-corrected chi connectivity index (χ0v) is 22.1. The number of hydrogen-bond acceptors (Lipinski definition) is 5. The van der Waals surface area contributed by atoms with Crippen molar-refractivity contribution < 1.29 is 0 Å². The Bertz CT molecular complexity index is 958. The quantitative estimate of drug-likeness (QED) is 0.226. The maximum Gasteiger partial charge on any atom is 0.486 e. The average Bonchev–Trinajstić information content (AvgIpc) is 2.86. The molecule has 35 heavy (non-hydrogen) atoms. The van der Waals surface area contributed by atoms with Gasteiger partial charge in [-0.3, -0.25) is 4.90 Å². The lowest BCUT2D eigenvalue weighted by Crippen LogP contribution is -2.62. The molecule has 3 aliphatic rings. The van der Waals surface area contributed by atoms with E-state index in [1.165, 1.54) is 5.69 Å². The highest BCUT2D eigenvalue weighted by molar-refractivity contribution is 6.21. The Labute approximate surface area is 214 Å². The molecule has 1 saturated heterocycles. The van der Waals surface area contributed by atoms with Gasteiger partial charge in [-0.05, 0) is 74.5 Å². The van der Waals surface area contributed by atoms with Gasteiger partial charge in [-0.15, -0.1) is 11.6 Å². The van der Waals surface area contributed by atoms with Gasteiger partial charge in [0.15, 0.2) is 5.71 Å². The van der Waals surface area contributed by atoms with Crippen molar-refractivity contribution >= 4 is 34.9 Å². The number of nitrogens with zero attached hydrogens (tertiary/aromatic N) is 5. The molecule has 0 radical (unpaired) electrons. The van der Waals surface area contributed by atoms with Crippen molar-refractivity contribution in [3.63, 3.8) is 0 Å². The molecule has 3 unspecified atom stereocenters. The number of piperazine rings is 1. The lowest BCUT2D eigenvalue weighted by molar-refractivity contribution is 0.0892. The van der Waals surface area contributed by atoms with Gasteiger partial charge in [0.2, 0.25) is 0 Å². The second-order valence-corrected chi connectivity index (χ2v) is 10.8. The first-order valence-corrected chi connectivity index (χ1v) is 13.5. The fourth-order valence-corrected chi connectivity index (χ4v) is 6.46. The van der Waals surface area contributed by atoms with Crippen molar-refractivity contribution in [1.82, 2.24) is 14.5 Å². The van der Waals surface area contributed by atoms with Gasteiger partial charge in [0.1, 0.15) is 5.54 Å². The van der Waals surface area contributed by atoms with Crippen LogP contribution in [0, 0.1) is 5.92 Å². The van der Waals surface area contributed by atoms with Gasteiger partial charge < -0.3 is 22.1 Å². The number of rotatable bonds is 7. The minimum absolute atomic E-state index is 0.0343. The molecular formula is C26H42ClN8+.